The van der Waals surface area contributed by atoms with Crippen LogP contribution in [0.3, 0.4) is 0 Å². The molecule has 0 bridgehead atoms. The van der Waals surface area contributed by atoms with Gasteiger partial charge in [-0.2, -0.15) is 4.31 Å². The summed E-state index contributed by atoms with van der Waals surface area (Å²) < 4.78 is 43.1. The average molecular weight is 449 g/mol. The molecule has 31 heavy (non-hydrogen) atoms. The fourth-order valence-electron chi connectivity index (χ4n) is 3.43. The Morgan fingerprint density at radius 3 is 2.52 bits per heavy atom. The van der Waals surface area contributed by atoms with E-state index in [2.05, 4.69) is 5.32 Å². The summed E-state index contributed by atoms with van der Waals surface area (Å²) in [6, 6.07) is 10.1. The van der Waals surface area contributed by atoms with Gasteiger partial charge in [0.05, 0.1) is 32.3 Å². The maximum Gasteiger partial charge on any atom is 0.251 e. The Morgan fingerprint density at radius 1 is 1.10 bits per heavy atom. The number of carbonyl (C=O) groups excluding carboxylic acids is 1. The zero-order chi connectivity index (χ0) is 22.4. The maximum atomic E-state index is 12.9. The Balaban J connectivity index is 1.71. The Bertz CT molecular complexity index is 1030. The first-order valence-corrected chi connectivity index (χ1v) is 11.5. The lowest BCUT2D eigenvalue weighted by atomic mass is 10.1. The molecule has 0 atom stereocenters. The number of benzene rings is 2. The molecule has 9 heteroatoms. The number of aryl methyl sites for hydroxylation is 1. The zero-order valence-corrected chi connectivity index (χ0v) is 18.8. The second-order valence-electron chi connectivity index (χ2n) is 7.18. The minimum Gasteiger partial charge on any atom is -0.497 e. The number of morpholine rings is 1. The van der Waals surface area contributed by atoms with Gasteiger partial charge >= 0.3 is 0 Å². The number of nitrogens with one attached hydrogen (secondary N) is 1. The normalized spacial score (nSPS) is 14.8. The van der Waals surface area contributed by atoms with Gasteiger partial charge in [0.15, 0.2) is 0 Å². The van der Waals surface area contributed by atoms with Crippen LogP contribution in [0.15, 0.2) is 41.3 Å². The molecule has 2 aromatic rings. The largest absolute Gasteiger partial charge is 0.497 e. The Morgan fingerprint density at radius 2 is 1.84 bits per heavy atom. The van der Waals surface area contributed by atoms with Crippen molar-refractivity contribution in [3.05, 3.63) is 53.1 Å². The monoisotopic (exact) mass is 448 g/mol. The van der Waals surface area contributed by atoms with E-state index < -0.39 is 10.0 Å². The number of amides is 1. The van der Waals surface area contributed by atoms with Crippen molar-refractivity contribution in [2.24, 2.45) is 0 Å². The summed E-state index contributed by atoms with van der Waals surface area (Å²) in [6.45, 7) is 3.49. The molecule has 0 radical (unpaired) electrons. The lowest BCUT2D eigenvalue weighted by molar-refractivity contribution is 0.0730. The number of hydrogen-bond acceptors (Lipinski definition) is 6. The van der Waals surface area contributed by atoms with Crippen molar-refractivity contribution in [3.63, 3.8) is 0 Å². The van der Waals surface area contributed by atoms with Crippen molar-refractivity contribution in [2.45, 2.75) is 18.2 Å². The van der Waals surface area contributed by atoms with Crippen LogP contribution in [0.5, 0.6) is 11.5 Å². The van der Waals surface area contributed by atoms with Gasteiger partial charge in [-0.25, -0.2) is 8.42 Å². The minimum absolute atomic E-state index is 0.111. The van der Waals surface area contributed by atoms with Gasteiger partial charge in [0.2, 0.25) is 10.0 Å². The standard InChI is InChI=1S/C22H28N2O6S/c1-16-4-6-19(31(26,27)24-10-12-30-13-11-24)15-20(16)22(25)23-9-8-17-14-18(28-2)5-7-21(17)29-3/h4-7,14-15H,8-13H2,1-3H3,(H,23,25). The number of methoxy groups -OCH3 is 2. The van der Waals surface area contributed by atoms with E-state index in [4.69, 9.17) is 14.2 Å². The van der Waals surface area contributed by atoms with Gasteiger partial charge in [-0.15, -0.1) is 0 Å². The molecular formula is C22H28N2O6S. The number of rotatable bonds is 8. The summed E-state index contributed by atoms with van der Waals surface area (Å²) in [4.78, 5) is 12.9. The van der Waals surface area contributed by atoms with Crippen LogP contribution in [0.25, 0.3) is 0 Å². The molecule has 0 spiro atoms. The lowest BCUT2D eigenvalue weighted by Crippen LogP contribution is -2.40. The van der Waals surface area contributed by atoms with E-state index in [1.165, 1.54) is 16.4 Å². The molecule has 0 saturated carbocycles. The van der Waals surface area contributed by atoms with E-state index in [0.29, 0.717) is 61.9 Å². The van der Waals surface area contributed by atoms with E-state index >= 15 is 0 Å². The molecule has 1 fully saturated rings. The second-order valence-corrected chi connectivity index (χ2v) is 9.11. The van der Waals surface area contributed by atoms with Crippen molar-refractivity contribution >= 4 is 15.9 Å². The first-order chi connectivity index (χ1) is 14.9. The van der Waals surface area contributed by atoms with E-state index in [9.17, 15) is 13.2 Å². The average Bonchev–Trinajstić information content (AvgIpc) is 2.79. The highest BCUT2D eigenvalue weighted by atomic mass is 32.2. The van der Waals surface area contributed by atoms with Crippen LogP contribution in [-0.2, 0) is 21.2 Å². The van der Waals surface area contributed by atoms with Crippen LogP contribution in [0, 0.1) is 6.92 Å². The van der Waals surface area contributed by atoms with Crippen LogP contribution in [0.4, 0.5) is 0 Å². The van der Waals surface area contributed by atoms with Gasteiger partial charge in [0.25, 0.3) is 5.91 Å². The highest BCUT2D eigenvalue weighted by Crippen LogP contribution is 2.24. The minimum atomic E-state index is -3.67. The molecule has 1 heterocycles. The van der Waals surface area contributed by atoms with Crippen molar-refractivity contribution in [2.75, 3.05) is 47.1 Å². The molecule has 1 N–H and O–H groups in total. The van der Waals surface area contributed by atoms with E-state index in [0.717, 1.165) is 5.56 Å². The maximum absolute atomic E-state index is 12.9. The third-order valence-corrected chi connectivity index (χ3v) is 7.12. The molecule has 2 aromatic carbocycles. The lowest BCUT2D eigenvalue weighted by Gasteiger charge is -2.26. The smallest absolute Gasteiger partial charge is 0.251 e. The summed E-state index contributed by atoms with van der Waals surface area (Å²) in [5.74, 6) is 1.10. The highest BCUT2D eigenvalue weighted by molar-refractivity contribution is 7.89. The van der Waals surface area contributed by atoms with Crippen molar-refractivity contribution < 1.29 is 27.4 Å². The number of carbonyl (C=O) groups is 1. The van der Waals surface area contributed by atoms with E-state index in [1.807, 2.05) is 18.2 Å². The summed E-state index contributed by atoms with van der Waals surface area (Å²) in [7, 11) is -0.490. The summed E-state index contributed by atoms with van der Waals surface area (Å²) >= 11 is 0. The van der Waals surface area contributed by atoms with Crippen molar-refractivity contribution in [3.8, 4) is 11.5 Å². The Kier molecular flexibility index (Phi) is 7.53. The number of sulfonamides is 1. The first-order valence-electron chi connectivity index (χ1n) is 10.0. The van der Waals surface area contributed by atoms with Crippen LogP contribution in [0.2, 0.25) is 0 Å². The van der Waals surface area contributed by atoms with Gasteiger partial charge < -0.3 is 19.5 Å². The van der Waals surface area contributed by atoms with Gasteiger partial charge in [0.1, 0.15) is 11.5 Å². The fourth-order valence-corrected chi connectivity index (χ4v) is 4.86. The topological polar surface area (TPSA) is 94.2 Å². The molecule has 1 aliphatic heterocycles. The molecule has 8 nitrogen and oxygen atoms in total. The molecule has 1 amide bonds. The molecule has 0 aromatic heterocycles. The molecule has 3 rings (SSSR count). The van der Waals surface area contributed by atoms with E-state index in [-0.39, 0.29) is 10.8 Å². The summed E-state index contributed by atoms with van der Waals surface area (Å²) in [6.07, 6.45) is 0.539. The third-order valence-electron chi connectivity index (χ3n) is 5.23. The van der Waals surface area contributed by atoms with Gasteiger partial charge in [-0.3, -0.25) is 4.79 Å². The predicted octanol–water partition coefficient (Wildman–Crippen LogP) is 2.01. The number of hydrogen-bond donors (Lipinski definition) is 1. The summed E-state index contributed by atoms with van der Waals surface area (Å²) in [5.41, 5.74) is 1.95. The van der Waals surface area contributed by atoms with Crippen LogP contribution in [0.1, 0.15) is 21.5 Å². The van der Waals surface area contributed by atoms with Crippen molar-refractivity contribution in [1.82, 2.24) is 9.62 Å². The van der Waals surface area contributed by atoms with Crippen LogP contribution < -0.4 is 14.8 Å². The fraction of sp³-hybridized carbons (Fsp3) is 0.409. The molecule has 168 valence electrons. The van der Waals surface area contributed by atoms with Crippen LogP contribution in [-0.4, -0.2) is 65.7 Å². The highest BCUT2D eigenvalue weighted by Gasteiger charge is 2.27. The van der Waals surface area contributed by atoms with Gasteiger partial charge in [0, 0.05) is 25.2 Å². The molecule has 1 aliphatic rings. The number of nitrogens with zero attached hydrogens (tertiary/aromatic N) is 1. The van der Waals surface area contributed by atoms with E-state index in [1.54, 1.807) is 27.2 Å². The summed E-state index contributed by atoms with van der Waals surface area (Å²) in [5, 5.41) is 2.87. The third kappa shape index (κ3) is 5.36. The van der Waals surface area contributed by atoms with Crippen LogP contribution >= 0.6 is 0 Å². The van der Waals surface area contributed by atoms with Gasteiger partial charge in [-0.05, 0) is 54.8 Å². The molecule has 1 saturated heterocycles. The zero-order valence-electron chi connectivity index (χ0n) is 18.0. The molecular weight excluding hydrogens is 420 g/mol. The Labute approximate surface area is 183 Å². The molecule has 0 unspecified atom stereocenters. The second kappa shape index (κ2) is 10.1. The SMILES string of the molecule is COc1ccc(OC)c(CCNC(=O)c2cc(S(=O)(=O)N3CCOCC3)ccc2C)c1. The number of ether oxygens (including phenoxy) is 3. The quantitative estimate of drug-likeness (QED) is 0.664. The predicted molar refractivity (Wildman–Crippen MR) is 116 cm³/mol. The van der Waals surface area contributed by atoms with Gasteiger partial charge in [-0.1, -0.05) is 6.07 Å². The Hall–Kier alpha value is -2.62. The first kappa shape index (κ1) is 23.1. The van der Waals surface area contributed by atoms with Crippen molar-refractivity contribution in [1.29, 1.82) is 0 Å². The molecule has 0 aliphatic carbocycles.